The highest BCUT2D eigenvalue weighted by molar-refractivity contribution is 5.48. The van der Waals surface area contributed by atoms with Gasteiger partial charge < -0.3 is 5.11 Å². The van der Waals surface area contributed by atoms with Gasteiger partial charge in [0.05, 0.1) is 5.69 Å². The summed E-state index contributed by atoms with van der Waals surface area (Å²) in [6.45, 7) is 17.4. The Balaban J connectivity index is 1.58. The van der Waals surface area contributed by atoms with Crippen LogP contribution in [0.2, 0.25) is 0 Å². The number of phenols is 1. The summed E-state index contributed by atoms with van der Waals surface area (Å²) in [5.74, 6) is 0.498. The van der Waals surface area contributed by atoms with Crippen LogP contribution in [0.3, 0.4) is 0 Å². The highest BCUT2D eigenvalue weighted by Crippen LogP contribution is 2.39. The van der Waals surface area contributed by atoms with E-state index in [2.05, 4.69) is 80.6 Å². The molecule has 0 saturated carbocycles. The van der Waals surface area contributed by atoms with E-state index in [1.807, 2.05) is 12.3 Å². The van der Waals surface area contributed by atoms with Gasteiger partial charge in [0.1, 0.15) is 5.75 Å². The largest absolute Gasteiger partial charge is 0.507 e. The Morgan fingerprint density at radius 1 is 0.879 bits per heavy atom. The summed E-state index contributed by atoms with van der Waals surface area (Å²) in [4.78, 5) is 9.88. The molecule has 2 atom stereocenters. The van der Waals surface area contributed by atoms with Gasteiger partial charge in [0.15, 0.2) is 0 Å². The SMILES string of the molecule is CC(C)(C)c1cc(CN2CCC[C@H]2[C@@H]2CCCN2Cc2ccccn2)c(O)c(C(C)(C)C)c1. The average molecular weight is 450 g/mol. The molecule has 0 bridgehead atoms. The molecule has 2 fully saturated rings. The number of likely N-dealkylation sites (tertiary alicyclic amines) is 2. The molecule has 4 rings (SSSR count). The van der Waals surface area contributed by atoms with Crippen LogP contribution in [0.25, 0.3) is 0 Å². The highest BCUT2D eigenvalue weighted by atomic mass is 16.3. The van der Waals surface area contributed by atoms with Crippen molar-refractivity contribution in [1.82, 2.24) is 14.8 Å². The zero-order chi connectivity index (χ0) is 23.8. The third-order valence-electron chi connectivity index (χ3n) is 7.60. The molecular formula is C29H43N3O. The van der Waals surface area contributed by atoms with Crippen molar-refractivity contribution >= 4 is 0 Å². The second-order valence-electron chi connectivity index (χ2n) is 12.2. The standard InChI is InChI=1S/C29H43N3O/c1-28(2,3)22-17-21(27(33)24(18-22)29(4,5)6)19-31-15-9-12-25(31)26-13-10-16-32(26)20-23-11-7-8-14-30-23/h7-8,11,14,17-18,25-26,33H,9-10,12-13,15-16,19-20H2,1-6H3/t25-,26-/m0/s1. The molecule has 33 heavy (non-hydrogen) atoms. The summed E-state index contributed by atoms with van der Waals surface area (Å²) in [6, 6.07) is 11.8. The maximum atomic E-state index is 11.3. The molecule has 0 radical (unpaired) electrons. The van der Waals surface area contributed by atoms with Crippen molar-refractivity contribution in [3.63, 3.8) is 0 Å². The van der Waals surface area contributed by atoms with Crippen molar-refractivity contribution < 1.29 is 5.11 Å². The first-order valence-electron chi connectivity index (χ1n) is 12.8. The quantitative estimate of drug-likeness (QED) is 0.607. The van der Waals surface area contributed by atoms with Crippen molar-refractivity contribution in [1.29, 1.82) is 0 Å². The topological polar surface area (TPSA) is 39.6 Å². The van der Waals surface area contributed by atoms with Crippen LogP contribution in [0.1, 0.15) is 89.6 Å². The van der Waals surface area contributed by atoms with Crippen molar-refractivity contribution in [2.24, 2.45) is 0 Å². The van der Waals surface area contributed by atoms with E-state index >= 15 is 0 Å². The van der Waals surface area contributed by atoms with Crippen molar-refractivity contribution in [2.75, 3.05) is 13.1 Å². The first-order valence-corrected chi connectivity index (χ1v) is 12.8. The molecule has 2 saturated heterocycles. The number of pyridine rings is 1. The fourth-order valence-corrected chi connectivity index (χ4v) is 5.71. The fourth-order valence-electron chi connectivity index (χ4n) is 5.71. The van der Waals surface area contributed by atoms with E-state index in [9.17, 15) is 5.11 Å². The Morgan fingerprint density at radius 3 is 2.06 bits per heavy atom. The molecule has 4 heteroatoms. The molecule has 1 aromatic carbocycles. The predicted molar refractivity (Wildman–Crippen MR) is 137 cm³/mol. The van der Waals surface area contributed by atoms with Gasteiger partial charge in [-0.3, -0.25) is 14.8 Å². The first-order chi connectivity index (χ1) is 15.5. The van der Waals surface area contributed by atoms with E-state index in [0.29, 0.717) is 17.8 Å². The summed E-state index contributed by atoms with van der Waals surface area (Å²) in [5.41, 5.74) is 4.60. The van der Waals surface area contributed by atoms with E-state index in [-0.39, 0.29) is 10.8 Å². The average Bonchev–Trinajstić information content (AvgIpc) is 3.37. The molecule has 2 aromatic rings. The highest BCUT2D eigenvalue weighted by Gasteiger charge is 2.38. The number of benzene rings is 1. The third kappa shape index (κ3) is 5.44. The van der Waals surface area contributed by atoms with Gasteiger partial charge in [-0.1, -0.05) is 59.7 Å². The lowest BCUT2D eigenvalue weighted by molar-refractivity contribution is 0.122. The molecule has 3 heterocycles. The van der Waals surface area contributed by atoms with Crippen LogP contribution in [-0.2, 0) is 23.9 Å². The van der Waals surface area contributed by atoms with Crippen LogP contribution >= 0.6 is 0 Å². The first kappa shape index (κ1) is 24.2. The summed E-state index contributed by atoms with van der Waals surface area (Å²) in [7, 11) is 0. The number of hydrogen-bond donors (Lipinski definition) is 1. The Kier molecular flexibility index (Phi) is 6.89. The van der Waals surface area contributed by atoms with Gasteiger partial charge >= 0.3 is 0 Å². The van der Waals surface area contributed by atoms with Crippen molar-refractivity contribution in [3.05, 3.63) is 58.9 Å². The molecule has 0 amide bonds. The third-order valence-corrected chi connectivity index (χ3v) is 7.60. The molecule has 180 valence electrons. The minimum Gasteiger partial charge on any atom is -0.507 e. The molecule has 2 aliphatic heterocycles. The molecule has 1 aromatic heterocycles. The van der Waals surface area contributed by atoms with Gasteiger partial charge in [-0.15, -0.1) is 0 Å². The van der Waals surface area contributed by atoms with Crippen LogP contribution in [0.15, 0.2) is 36.5 Å². The minimum atomic E-state index is -0.0879. The van der Waals surface area contributed by atoms with Crippen molar-refractivity contribution in [2.45, 2.75) is 103 Å². The van der Waals surface area contributed by atoms with E-state index < -0.39 is 0 Å². The van der Waals surface area contributed by atoms with Crippen LogP contribution in [0, 0.1) is 0 Å². The molecular weight excluding hydrogens is 406 g/mol. The summed E-state index contributed by atoms with van der Waals surface area (Å²) in [6.07, 6.45) is 6.91. The number of aromatic nitrogens is 1. The van der Waals surface area contributed by atoms with E-state index in [4.69, 9.17) is 0 Å². The van der Waals surface area contributed by atoms with Gasteiger partial charge in [-0.25, -0.2) is 0 Å². The lowest BCUT2D eigenvalue weighted by Crippen LogP contribution is -2.45. The van der Waals surface area contributed by atoms with Crippen molar-refractivity contribution in [3.8, 4) is 5.75 Å². The number of phenolic OH excluding ortho intramolecular Hbond substituents is 1. The van der Waals surface area contributed by atoms with Gasteiger partial charge in [-0.05, 0) is 72.9 Å². The second-order valence-corrected chi connectivity index (χ2v) is 12.2. The Hall–Kier alpha value is -1.91. The molecule has 2 aliphatic rings. The van der Waals surface area contributed by atoms with Crippen LogP contribution in [0.4, 0.5) is 0 Å². The van der Waals surface area contributed by atoms with Gasteiger partial charge in [0.25, 0.3) is 0 Å². The molecule has 1 N–H and O–H groups in total. The molecule has 0 aliphatic carbocycles. The maximum Gasteiger partial charge on any atom is 0.123 e. The monoisotopic (exact) mass is 449 g/mol. The van der Waals surface area contributed by atoms with Gasteiger partial charge in [-0.2, -0.15) is 0 Å². The van der Waals surface area contributed by atoms with E-state index in [1.165, 1.54) is 36.9 Å². The van der Waals surface area contributed by atoms with E-state index in [1.54, 1.807) is 0 Å². The van der Waals surface area contributed by atoms with Crippen LogP contribution in [0.5, 0.6) is 5.75 Å². The lowest BCUT2D eigenvalue weighted by Gasteiger charge is -2.36. The Bertz CT molecular complexity index is 942. The molecule has 4 nitrogen and oxygen atoms in total. The van der Waals surface area contributed by atoms with Crippen LogP contribution < -0.4 is 0 Å². The molecule has 0 unspecified atom stereocenters. The summed E-state index contributed by atoms with van der Waals surface area (Å²) >= 11 is 0. The summed E-state index contributed by atoms with van der Waals surface area (Å²) in [5, 5.41) is 11.3. The fraction of sp³-hybridized carbons (Fsp3) is 0.621. The predicted octanol–water partition coefficient (Wildman–Crippen LogP) is 6.01. The number of rotatable bonds is 5. The molecule has 0 spiro atoms. The maximum absolute atomic E-state index is 11.3. The van der Waals surface area contributed by atoms with E-state index in [0.717, 1.165) is 37.3 Å². The lowest BCUT2D eigenvalue weighted by atomic mass is 9.79. The zero-order valence-corrected chi connectivity index (χ0v) is 21.6. The van der Waals surface area contributed by atoms with Gasteiger partial charge in [0.2, 0.25) is 0 Å². The smallest absolute Gasteiger partial charge is 0.123 e. The Morgan fingerprint density at radius 2 is 1.52 bits per heavy atom. The number of nitrogens with zero attached hydrogens (tertiary/aromatic N) is 3. The zero-order valence-electron chi connectivity index (χ0n) is 21.6. The second kappa shape index (κ2) is 9.38. The van der Waals surface area contributed by atoms with Crippen LogP contribution in [-0.4, -0.2) is 45.1 Å². The Labute approximate surface area is 201 Å². The number of hydrogen-bond acceptors (Lipinski definition) is 4. The minimum absolute atomic E-state index is 0.0534. The summed E-state index contributed by atoms with van der Waals surface area (Å²) < 4.78 is 0. The van der Waals surface area contributed by atoms with Gasteiger partial charge in [0, 0.05) is 36.9 Å². The number of aromatic hydroxyl groups is 1. The normalized spacial score (nSPS) is 22.8.